The molecule has 2 rings (SSSR count). The Morgan fingerprint density at radius 1 is 1.25 bits per heavy atom. The number of alkyl halides is 3. The molecule has 1 aromatic carbocycles. The summed E-state index contributed by atoms with van der Waals surface area (Å²) in [4.78, 5) is 0. The third kappa shape index (κ3) is 2.85. The molecule has 0 fully saturated rings. The molecule has 2 N–H and O–H groups in total. The fourth-order valence-electron chi connectivity index (χ4n) is 2.01. The largest absolute Gasteiger partial charge is 0.416 e. The first-order valence-corrected chi connectivity index (χ1v) is 6.29. The summed E-state index contributed by atoms with van der Waals surface area (Å²) in [6.45, 7) is 4.10. The van der Waals surface area contributed by atoms with Crippen LogP contribution in [0, 0.1) is 0 Å². The molecule has 0 bridgehead atoms. The van der Waals surface area contributed by atoms with Crippen LogP contribution in [0.15, 0.2) is 30.3 Å². The summed E-state index contributed by atoms with van der Waals surface area (Å²) in [7, 11) is 0. The van der Waals surface area contributed by atoms with Crippen LogP contribution in [0.5, 0.6) is 0 Å². The van der Waals surface area contributed by atoms with E-state index >= 15 is 0 Å². The second kappa shape index (κ2) is 5.28. The van der Waals surface area contributed by atoms with Gasteiger partial charge in [0, 0.05) is 18.2 Å². The van der Waals surface area contributed by atoms with Crippen molar-refractivity contribution in [3.05, 3.63) is 41.6 Å². The number of hydrogen-bond donors (Lipinski definition) is 1. The van der Waals surface area contributed by atoms with Crippen LogP contribution in [0.2, 0.25) is 0 Å². The Balaban J connectivity index is 2.54. The number of hydrogen-bond acceptors (Lipinski definition) is 2. The first-order valence-electron chi connectivity index (χ1n) is 6.29. The molecule has 1 aromatic heterocycles. The molecule has 1 heterocycles. The lowest BCUT2D eigenvalue weighted by Gasteiger charge is -2.12. The molecule has 0 aliphatic heterocycles. The van der Waals surface area contributed by atoms with Crippen LogP contribution in [-0.2, 0) is 12.7 Å². The van der Waals surface area contributed by atoms with Gasteiger partial charge in [-0.3, -0.25) is 4.68 Å². The van der Waals surface area contributed by atoms with Crippen molar-refractivity contribution in [3.63, 3.8) is 0 Å². The van der Waals surface area contributed by atoms with Gasteiger partial charge in [-0.05, 0) is 32.0 Å². The summed E-state index contributed by atoms with van der Waals surface area (Å²) < 4.78 is 40.0. The molecule has 2 aromatic rings. The molecule has 0 aliphatic carbocycles. The lowest BCUT2D eigenvalue weighted by Crippen LogP contribution is -2.07. The van der Waals surface area contributed by atoms with Crippen LogP contribution in [0.3, 0.4) is 0 Å². The normalized spacial score (nSPS) is 12.2. The second-order valence-electron chi connectivity index (χ2n) is 4.84. The van der Waals surface area contributed by atoms with E-state index in [0.29, 0.717) is 17.0 Å². The molecular formula is C14H16F3N3. The first kappa shape index (κ1) is 14.6. The van der Waals surface area contributed by atoms with E-state index in [9.17, 15) is 13.2 Å². The summed E-state index contributed by atoms with van der Waals surface area (Å²) >= 11 is 0. The second-order valence-corrected chi connectivity index (χ2v) is 4.84. The third-order valence-corrected chi connectivity index (χ3v) is 2.97. The summed E-state index contributed by atoms with van der Waals surface area (Å²) in [6.07, 6.45) is -4.35. The number of rotatable bonds is 3. The molecule has 0 unspecified atom stereocenters. The molecule has 0 saturated carbocycles. The molecular weight excluding hydrogens is 267 g/mol. The predicted octanol–water partition coefficient (Wildman–Crippen LogP) is 3.61. The highest BCUT2D eigenvalue weighted by Gasteiger charge is 2.30. The van der Waals surface area contributed by atoms with Gasteiger partial charge in [0.2, 0.25) is 0 Å². The van der Waals surface area contributed by atoms with Crippen molar-refractivity contribution in [2.75, 3.05) is 0 Å². The monoisotopic (exact) mass is 283 g/mol. The number of aromatic nitrogens is 2. The molecule has 0 aliphatic rings. The summed E-state index contributed by atoms with van der Waals surface area (Å²) in [5.41, 5.74) is 6.68. The maximum Gasteiger partial charge on any atom is 0.416 e. The number of nitrogens with two attached hydrogens (primary N) is 1. The van der Waals surface area contributed by atoms with Crippen LogP contribution in [-0.4, -0.2) is 9.78 Å². The highest BCUT2D eigenvalue weighted by Crippen LogP contribution is 2.32. The average Bonchev–Trinajstić information content (AvgIpc) is 2.82. The van der Waals surface area contributed by atoms with Gasteiger partial charge in [-0.2, -0.15) is 18.3 Å². The molecule has 0 spiro atoms. The van der Waals surface area contributed by atoms with Gasteiger partial charge in [0.15, 0.2) is 0 Å². The SMILES string of the molecule is CC(C)n1nc(CN)cc1-c1cccc(C(F)(F)F)c1. The van der Waals surface area contributed by atoms with Crippen LogP contribution < -0.4 is 5.73 Å². The average molecular weight is 283 g/mol. The minimum absolute atomic E-state index is 0.0415. The zero-order valence-corrected chi connectivity index (χ0v) is 11.3. The van der Waals surface area contributed by atoms with Crippen LogP contribution in [0.25, 0.3) is 11.3 Å². The number of nitrogens with zero attached hydrogens (tertiary/aromatic N) is 2. The Bertz CT molecular complexity index is 600. The van der Waals surface area contributed by atoms with Gasteiger partial charge < -0.3 is 5.73 Å². The van der Waals surface area contributed by atoms with Gasteiger partial charge in [-0.25, -0.2) is 0 Å². The molecule has 0 atom stereocenters. The van der Waals surface area contributed by atoms with E-state index in [2.05, 4.69) is 5.10 Å². The maximum absolute atomic E-state index is 12.8. The van der Waals surface area contributed by atoms with Crippen molar-refractivity contribution >= 4 is 0 Å². The molecule has 3 nitrogen and oxygen atoms in total. The highest BCUT2D eigenvalue weighted by atomic mass is 19.4. The minimum Gasteiger partial charge on any atom is -0.325 e. The Hall–Kier alpha value is -1.82. The van der Waals surface area contributed by atoms with Crippen molar-refractivity contribution in [2.45, 2.75) is 32.6 Å². The zero-order valence-electron chi connectivity index (χ0n) is 11.3. The Kier molecular flexibility index (Phi) is 3.85. The standard InChI is InChI=1S/C14H16F3N3/c1-9(2)20-13(7-12(8-18)19-20)10-4-3-5-11(6-10)14(15,16)17/h3-7,9H,8,18H2,1-2H3. The van der Waals surface area contributed by atoms with E-state index in [1.54, 1.807) is 16.8 Å². The smallest absolute Gasteiger partial charge is 0.325 e. The molecule has 0 saturated heterocycles. The van der Waals surface area contributed by atoms with E-state index in [-0.39, 0.29) is 12.6 Å². The Morgan fingerprint density at radius 2 is 1.95 bits per heavy atom. The Labute approximate surface area is 115 Å². The third-order valence-electron chi connectivity index (χ3n) is 2.97. The maximum atomic E-state index is 12.8. The summed E-state index contributed by atoms with van der Waals surface area (Å²) in [5.74, 6) is 0. The van der Waals surface area contributed by atoms with Crippen molar-refractivity contribution in [1.29, 1.82) is 0 Å². The predicted molar refractivity (Wildman–Crippen MR) is 70.9 cm³/mol. The number of halogens is 3. The fraction of sp³-hybridized carbons (Fsp3) is 0.357. The Morgan fingerprint density at radius 3 is 2.50 bits per heavy atom. The topological polar surface area (TPSA) is 43.8 Å². The summed E-state index contributed by atoms with van der Waals surface area (Å²) in [6, 6.07) is 7.01. The van der Waals surface area contributed by atoms with E-state index in [0.717, 1.165) is 12.1 Å². The lowest BCUT2D eigenvalue weighted by atomic mass is 10.1. The van der Waals surface area contributed by atoms with Crippen molar-refractivity contribution < 1.29 is 13.2 Å². The quantitative estimate of drug-likeness (QED) is 0.935. The van der Waals surface area contributed by atoms with Gasteiger partial charge in [-0.15, -0.1) is 0 Å². The van der Waals surface area contributed by atoms with E-state index in [1.165, 1.54) is 6.07 Å². The van der Waals surface area contributed by atoms with Crippen LogP contribution in [0.1, 0.15) is 31.1 Å². The van der Waals surface area contributed by atoms with Gasteiger partial charge in [0.05, 0.1) is 17.0 Å². The van der Waals surface area contributed by atoms with E-state index in [1.807, 2.05) is 13.8 Å². The van der Waals surface area contributed by atoms with Gasteiger partial charge in [0.25, 0.3) is 0 Å². The molecule has 20 heavy (non-hydrogen) atoms. The number of benzene rings is 1. The van der Waals surface area contributed by atoms with E-state index in [4.69, 9.17) is 5.73 Å². The lowest BCUT2D eigenvalue weighted by molar-refractivity contribution is -0.137. The molecule has 6 heteroatoms. The first-order chi connectivity index (χ1) is 9.32. The fourth-order valence-corrected chi connectivity index (χ4v) is 2.01. The van der Waals surface area contributed by atoms with E-state index < -0.39 is 11.7 Å². The van der Waals surface area contributed by atoms with Gasteiger partial charge in [0.1, 0.15) is 0 Å². The van der Waals surface area contributed by atoms with Gasteiger partial charge in [-0.1, -0.05) is 12.1 Å². The summed E-state index contributed by atoms with van der Waals surface area (Å²) in [5, 5.41) is 4.31. The van der Waals surface area contributed by atoms with Gasteiger partial charge >= 0.3 is 6.18 Å². The molecule has 108 valence electrons. The zero-order chi connectivity index (χ0) is 14.9. The van der Waals surface area contributed by atoms with Crippen LogP contribution in [0.4, 0.5) is 13.2 Å². The van der Waals surface area contributed by atoms with Crippen molar-refractivity contribution in [2.24, 2.45) is 5.73 Å². The highest BCUT2D eigenvalue weighted by molar-refractivity contribution is 5.61. The minimum atomic E-state index is -4.35. The van der Waals surface area contributed by atoms with Crippen molar-refractivity contribution in [1.82, 2.24) is 9.78 Å². The van der Waals surface area contributed by atoms with Crippen molar-refractivity contribution in [3.8, 4) is 11.3 Å². The molecule has 0 radical (unpaired) electrons. The molecule has 0 amide bonds. The van der Waals surface area contributed by atoms with Crippen LogP contribution >= 0.6 is 0 Å².